The average Bonchev–Trinajstić information content (AvgIpc) is 2.50. The standard InChI is InChI=1S/C14H14N4O2/c1-2-20-12-5-3-11(4-6-12)9-17-18-14(19)13-10-15-7-8-16-13/h3-10H,2H2,1H3,(H,18,19). The Hall–Kier alpha value is -2.76. The molecule has 6 nitrogen and oxygen atoms in total. The molecular formula is C14H14N4O2. The lowest BCUT2D eigenvalue weighted by atomic mass is 10.2. The quantitative estimate of drug-likeness (QED) is 0.662. The number of ether oxygens (including phenoxy) is 1. The van der Waals surface area contributed by atoms with Crippen LogP contribution in [0.2, 0.25) is 0 Å². The van der Waals surface area contributed by atoms with Gasteiger partial charge in [0.15, 0.2) is 0 Å². The predicted octanol–water partition coefficient (Wildman–Crippen LogP) is 1.64. The van der Waals surface area contributed by atoms with Gasteiger partial charge in [0.05, 0.1) is 19.0 Å². The van der Waals surface area contributed by atoms with Gasteiger partial charge in [-0.25, -0.2) is 10.4 Å². The number of hydrazone groups is 1. The van der Waals surface area contributed by atoms with E-state index in [0.717, 1.165) is 11.3 Å². The second kappa shape index (κ2) is 6.98. The van der Waals surface area contributed by atoms with Crippen molar-refractivity contribution in [1.29, 1.82) is 0 Å². The van der Waals surface area contributed by atoms with E-state index >= 15 is 0 Å². The van der Waals surface area contributed by atoms with Crippen LogP contribution >= 0.6 is 0 Å². The maximum absolute atomic E-state index is 11.6. The molecule has 0 unspecified atom stereocenters. The highest BCUT2D eigenvalue weighted by molar-refractivity contribution is 5.92. The van der Waals surface area contributed by atoms with Crippen LogP contribution in [0.4, 0.5) is 0 Å². The Labute approximate surface area is 116 Å². The molecule has 0 aliphatic rings. The summed E-state index contributed by atoms with van der Waals surface area (Å²) in [6.07, 6.45) is 5.87. The number of rotatable bonds is 5. The Balaban J connectivity index is 1.91. The molecule has 0 saturated carbocycles. The Morgan fingerprint density at radius 3 is 2.80 bits per heavy atom. The van der Waals surface area contributed by atoms with Gasteiger partial charge in [0.25, 0.3) is 5.91 Å². The number of amides is 1. The Morgan fingerprint density at radius 2 is 2.15 bits per heavy atom. The minimum atomic E-state index is -0.403. The lowest BCUT2D eigenvalue weighted by molar-refractivity contribution is 0.0949. The number of hydrogen-bond donors (Lipinski definition) is 1. The van der Waals surface area contributed by atoms with Crippen LogP contribution in [0, 0.1) is 0 Å². The van der Waals surface area contributed by atoms with Gasteiger partial charge < -0.3 is 4.74 Å². The number of benzene rings is 1. The van der Waals surface area contributed by atoms with Crippen LogP contribution in [0.5, 0.6) is 5.75 Å². The van der Waals surface area contributed by atoms with E-state index in [4.69, 9.17) is 4.74 Å². The van der Waals surface area contributed by atoms with E-state index in [1.165, 1.54) is 18.6 Å². The van der Waals surface area contributed by atoms with Gasteiger partial charge in [-0.15, -0.1) is 0 Å². The van der Waals surface area contributed by atoms with Crippen molar-refractivity contribution < 1.29 is 9.53 Å². The molecule has 0 radical (unpaired) electrons. The van der Waals surface area contributed by atoms with Crippen LogP contribution in [-0.2, 0) is 0 Å². The minimum Gasteiger partial charge on any atom is -0.494 e. The number of nitrogens with zero attached hydrogens (tertiary/aromatic N) is 3. The van der Waals surface area contributed by atoms with E-state index in [-0.39, 0.29) is 5.69 Å². The van der Waals surface area contributed by atoms with Gasteiger partial charge >= 0.3 is 0 Å². The maximum atomic E-state index is 11.6. The predicted molar refractivity (Wildman–Crippen MR) is 74.7 cm³/mol. The molecule has 0 atom stereocenters. The first kappa shape index (κ1) is 13.7. The lowest BCUT2D eigenvalue weighted by Gasteiger charge is -2.02. The Morgan fingerprint density at radius 1 is 1.35 bits per heavy atom. The second-order valence-corrected chi connectivity index (χ2v) is 3.79. The zero-order chi connectivity index (χ0) is 14.2. The molecule has 0 spiro atoms. The van der Waals surface area contributed by atoms with Crippen LogP contribution in [-0.4, -0.2) is 28.7 Å². The zero-order valence-corrected chi connectivity index (χ0v) is 11.0. The summed E-state index contributed by atoms with van der Waals surface area (Å²) in [5, 5.41) is 3.86. The van der Waals surface area contributed by atoms with Gasteiger partial charge in [0, 0.05) is 12.4 Å². The van der Waals surface area contributed by atoms with Crippen molar-refractivity contribution in [2.45, 2.75) is 6.92 Å². The molecule has 0 aliphatic carbocycles. The maximum Gasteiger partial charge on any atom is 0.291 e. The minimum absolute atomic E-state index is 0.219. The van der Waals surface area contributed by atoms with Crippen molar-refractivity contribution in [3.8, 4) is 5.75 Å². The molecule has 1 aromatic carbocycles. The summed E-state index contributed by atoms with van der Waals surface area (Å²) in [6.45, 7) is 2.55. The van der Waals surface area contributed by atoms with Crippen molar-refractivity contribution in [1.82, 2.24) is 15.4 Å². The van der Waals surface area contributed by atoms with E-state index in [2.05, 4.69) is 20.5 Å². The molecule has 1 aromatic heterocycles. The summed E-state index contributed by atoms with van der Waals surface area (Å²) in [6, 6.07) is 7.39. The first-order chi connectivity index (χ1) is 9.79. The third-order valence-electron chi connectivity index (χ3n) is 2.37. The highest BCUT2D eigenvalue weighted by Gasteiger charge is 2.04. The van der Waals surface area contributed by atoms with Gasteiger partial charge in [0.1, 0.15) is 11.4 Å². The molecule has 0 saturated heterocycles. The third kappa shape index (κ3) is 3.88. The number of carbonyl (C=O) groups excluding carboxylic acids is 1. The Kier molecular flexibility index (Phi) is 4.77. The topological polar surface area (TPSA) is 76.5 Å². The summed E-state index contributed by atoms with van der Waals surface area (Å²) < 4.78 is 5.33. The fourth-order valence-corrected chi connectivity index (χ4v) is 1.46. The van der Waals surface area contributed by atoms with Gasteiger partial charge in [-0.1, -0.05) is 0 Å². The summed E-state index contributed by atoms with van der Waals surface area (Å²) in [5.74, 6) is 0.397. The zero-order valence-electron chi connectivity index (χ0n) is 11.0. The number of aromatic nitrogens is 2. The molecule has 102 valence electrons. The first-order valence-electron chi connectivity index (χ1n) is 6.12. The lowest BCUT2D eigenvalue weighted by Crippen LogP contribution is -2.19. The number of hydrogen-bond acceptors (Lipinski definition) is 5. The van der Waals surface area contributed by atoms with Crippen LogP contribution in [0.3, 0.4) is 0 Å². The van der Waals surface area contributed by atoms with Crippen LogP contribution in [0.15, 0.2) is 48.0 Å². The first-order valence-corrected chi connectivity index (χ1v) is 6.12. The number of nitrogens with one attached hydrogen (secondary N) is 1. The summed E-state index contributed by atoms with van der Waals surface area (Å²) >= 11 is 0. The molecule has 1 heterocycles. The van der Waals surface area contributed by atoms with Crippen LogP contribution < -0.4 is 10.2 Å². The van der Waals surface area contributed by atoms with Crippen molar-refractivity contribution in [3.63, 3.8) is 0 Å². The van der Waals surface area contributed by atoms with E-state index in [9.17, 15) is 4.79 Å². The van der Waals surface area contributed by atoms with Gasteiger partial charge in [-0.05, 0) is 36.8 Å². The van der Waals surface area contributed by atoms with E-state index in [1.54, 1.807) is 6.21 Å². The molecule has 2 aromatic rings. The monoisotopic (exact) mass is 270 g/mol. The van der Waals surface area contributed by atoms with Crippen molar-refractivity contribution in [3.05, 3.63) is 54.1 Å². The van der Waals surface area contributed by atoms with E-state index < -0.39 is 5.91 Å². The molecule has 1 amide bonds. The molecule has 0 aliphatic heterocycles. The molecule has 2 rings (SSSR count). The van der Waals surface area contributed by atoms with Gasteiger partial charge in [-0.2, -0.15) is 5.10 Å². The largest absolute Gasteiger partial charge is 0.494 e. The van der Waals surface area contributed by atoms with E-state index in [1.807, 2.05) is 31.2 Å². The SMILES string of the molecule is CCOc1ccc(C=NNC(=O)c2cnccn2)cc1. The Bertz CT molecular complexity index is 582. The van der Waals surface area contributed by atoms with Crippen molar-refractivity contribution in [2.75, 3.05) is 6.61 Å². The summed E-state index contributed by atoms with van der Waals surface area (Å²) in [7, 11) is 0. The van der Waals surface area contributed by atoms with Crippen molar-refractivity contribution in [2.24, 2.45) is 5.10 Å². The van der Waals surface area contributed by atoms with Gasteiger partial charge in [0.2, 0.25) is 0 Å². The normalized spacial score (nSPS) is 10.4. The third-order valence-corrected chi connectivity index (χ3v) is 2.37. The molecule has 6 heteroatoms. The van der Waals surface area contributed by atoms with Crippen LogP contribution in [0.25, 0.3) is 0 Å². The smallest absolute Gasteiger partial charge is 0.291 e. The fraction of sp³-hybridized carbons (Fsp3) is 0.143. The average molecular weight is 270 g/mol. The second-order valence-electron chi connectivity index (χ2n) is 3.79. The molecule has 20 heavy (non-hydrogen) atoms. The van der Waals surface area contributed by atoms with Crippen LogP contribution in [0.1, 0.15) is 23.0 Å². The highest BCUT2D eigenvalue weighted by atomic mass is 16.5. The molecule has 0 bridgehead atoms. The fourth-order valence-electron chi connectivity index (χ4n) is 1.46. The molecular weight excluding hydrogens is 256 g/mol. The molecule has 0 fully saturated rings. The molecule has 1 N–H and O–H groups in total. The highest BCUT2D eigenvalue weighted by Crippen LogP contribution is 2.10. The summed E-state index contributed by atoms with van der Waals surface area (Å²) in [5.41, 5.74) is 3.46. The van der Waals surface area contributed by atoms with E-state index in [0.29, 0.717) is 6.61 Å². The number of carbonyl (C=O) groups is 1. The van der Waals surface area contributed by atoms with Gasteiger partial charge in [-0.3, -0.25) is 9.78 Å². The van der Waals surface area contributed by atoms with Crippen molar-refractivity contribution >= 4 is 12.1 Å². The summed E-state index contributed by atoms with van der Waals surface area (Å²) in [4.78, 5) is 19.3.